The molecule has 3 aromatic carbocycles. The van der Waals surface area contributed by atoms with Gasteiger partial charge in [-0.3, -0.25) is 4.79 Å². The SMILES string of the molecule is COc1ccc(F)c(-c2cc(F)c(COc3cccc([C@H](CC(=O)O)CC4CC4)c3)cc2C2=CCCC2(C)C)c1. The van der Waals surface area contributed by atoms with Crippen LogP contribution in [0.4, 0.5) is 8.78 Å². The van der Waals surface area contributed by atoms with E-state index < -0.39 is 17.6 Å². The van der Waals surface area contributed by atoms with E-state index in [-0.39, 0.29) is 29.9 Å². The predicted octanol–water partition coefficient (Wildman–Crippen LogP) is 8.78. The number of rotatable bonds is 11. The van der Waals surface area contributed by atoms with Gasteiger partial charge in [-0.05, 0) is 101 Å². The monoisotopic (exact) mass is 546 g/mol. The zero-order valence-corrected chi connectivity index (χ0v) is 23.3. The Labute approximate surface area is 234 Å². The van der Waals surface area contributed by atoms with Crippen molar-refractivity contribution in [3.8, 4) is 22.6 Å². The third-order valence-electron chi connectivity index (χ3n) is 8.25. The summed E-state index contributed by atoms with van der Waals surface area (Å²) in [5.74, 6) is -0.172. The lowest BCUT2D eigenvalue weighted by Crippen LogP contribution is -2.11. The highest BCUT2D eigenvalue weighted by Crippen LogP contribution is 2.48. The summed E-state index contributed by atoms with van der Waals surface area (Å²) in [5.41, 5.74) is 3.77. The fourth-order valence-corrected chi connectivity index (χ4v) is 5.80. The first-order valence-corrected chi connectivity index (χ1v) is 14.0. The number of hydrogen-bond donors (Lipinski definition) is 1. The molecular weight excluding hydrogens is 510 g/mol. The van der Waals surface area contributed by atoms with Gasteiger partial charge in [0.2, 0.25) is 0 Å². The van der Waals surface area contributed by atoms with Gasteiger partial charge < -0.3 is 14.6 Å². The summed E-state index contributed by atoms with van der Waals surface area (Å²) in [6.07, 6.45) is 7.23. The van der Waals surface area contributed by atoms with Gasteiger partial charge in [0.1, 0.15) is 29.7 Å². The summed E-state index contributed by atoms with van der Waals surface area (Å²) in [4.78, 5) is 11.5. The average molecular weight is 547 g/mol. The maximum atomic E-state index is 15.6. The number of ether oxygens (including phenoxy) is 2. The fraction of sp³-hybridized carbons (Fsp3) is 0.382. The van der Waals surface area contributed by atoms with Crippen LogP contribution < -0.4 is 9.47 Å². The molecule has 1 N–H and O–H groups in total. The van der Waals surface area contributed by atoms with Gasteiger partial charge in [-0.1, -0.05) is 44.9 Å². The van der Waals surface area contributed by atoms with Gasteiger partial charge in [-0.15, -0.1) is 0 Å². The smallest absolute Gasteiger partial charge is 0.303 e. The van der Waals surface area contributed by atoms with Crippen molar-refractivity contribution in [2.24, 2.45) is 11.3 Å². The fourth-order valence-electron chi connectivity index (χ4n) is 5.80. The molecule has 0 heterocycles. The van der Waals surface area contributed by atoms with E-state index in [1.165, 1.54) is 19.2 Å². The van der Waals surface area contributed by atoms with Crippen molar-refractivity contribution < 1.29 is 28.2 Å². The molecule has 1 fully saturated rings. The van der Waals surface area contributed by atoms with Crippen LogP contribution >= 0.6 is 0 Å². The normalized spacial score (nSPS) is 16.9. The molecule has 2 aliphatic carbocycles. The van der Waals surface area contributed by atoms with Crippen LogP contribution in [0.5, 0.6) is 11.5 Å². The lowest BCUT2D eigenvalue weighted by Gasteiger charge is -2.26. The largest absolute Gasteiger partial charge is 0.497 e. The minimum atomic E-state index is -0.816. The molecule has 0 amide bonds. The second-order valence-corrected chi connectivity index (χ2v) is 11.7. The van der Waals surface area contributed by atoms with E-state index in [2.05, 4.69) is 19.9 Å². The van der Waals surface area contributed by atoms with Crippen molar-refractivity contribution in [1.29, 1.82) is 0 Å². The highest BCUT2D eigenvalue weighted by Gasteiger charge is 2.31. The van der Waals surface area contributed by atoms with Crippen LogP contribution in [0, 0.1) is 23.0 Å². The maximum Gasteiger partial charge on any atom is 0.303 e. The Morgan fingerprint density at radius 3 is 2.48 bits per heavy atom. The minimum absolute atomic E-state index is 0.0108. The van der Waals surface area contributed by atoms with Crippen LogP contribution in [-0.2, 0) is 11.4 Å². The van der Waals surface area contributed by atoms with Crippen molar-refractivity contribution in [3.05, 3.63) is 89.0 Å². The molecule has 210 valence electrons. The summed E-state index contributed by atoms with van der Waals surface area (Å²) in [5, 5.41) is 9.43. The molecule has 3 aromatic rings. The summed E-state index contributed by atoms with van der Waals surface area (Å²) in [7, 11) is 1.52. The summed E-state index contributed by atoms with van der Waals surface area (Å²) >= 11 is 0. The van der Waals surface area contributed by atoms with Crippen molar-refractivity contribution >= 4 is 11.5 Å². The second kappa shape index (κ2) is 11.4. The molecule has 0 bridgehead atoms. The molecule has 4 nitrogen and oxygen atoms in total. The number of hydrogen-bond acceptors (Lipinski definition) is 3. The molecule has 2 aliphatic rings. The lowest BCUT2D eigenvalue weighted by atomic mass is 9.79. The molecular formula is C34H36F2O4. The molecule has 0 saturated heterocycles. The topological polar surface area (TPSA) is 55.8 Å². The molecule has 1 saturated carbocycles. The second-order valence-electron chi connectivity index (χ2n) is 11.7. The quantitative estimate of drug-likeness (QED) is 0.261. The minimum Gasteiger partial charge on any atom is -0.497 e. The van der Waals surface area contributed by atoms with Gasteiger partial charge in [-0.25, -0.2) is 8.78 Å². The third kappa shape index (κ3) is 6.22. The molecule has 0 aromatic heterocycles. The predicted molar refractivity (Wildman–Crippen MR) is 152 cm³/mol. The Morgan fingerprint density at radius 1 is 1.00 bits per heavy atom. The molecule has 5 rings (SSSR count). The number of halogens is 2. The van der Waals surface area contributed by atoms with Crippen LogP contribution in [0.2, 0.25) is 0 Å². The number of allylic oxidation sites excluding steroid dienone is 2. The number of carboxylic acids is 1. The average Bonchev–Trinajstić information content (AvgIpc) is 3.67. The van der Waals surface area contributed by atoms with Crippen molar-refractivity contribution in [1.82, 2.24) is 0 Å². The van der Waals surface area contributed by atoms with E-state index in [0.717, 1.165) is 48.8 Å². The number of carboxylic acid groups (broad SMARTS) is 1. The van der Waals surface area contributed by atoms with E-state index in [1.54, 1.807) is 24.3 Å². The van der Waals surface area contributed by atoms with Gasteiger partial charge in [0.05, 0.1) is 13.5 Å². The molecule has 40 heavy (non-hydrogen) atoms. The summed E-state index contributed by atoms with van der Waals surface area (Å²) in [6.45, 7) is 4.29. The highest BCUT2D eigenvalue weighted by molar-refractivity contribution is 5.85. The van der Waals surface area contributed by atoms with E-state index >= 15 is 8.78 Å². The Hall–Kier alpha value is -3.67. The van der Waals surface area contributed by atoms with E-state index in [0.29, 0.717) is 28.5 Å². The summed E-state index contributed by atoms with van der Waals surface area (Å²) in [6, 6.07) is 15.2. The Morgan fingerprint density at radius 2 is 1.80 bits per heavy atom. The van der Waals surface area contributed by atoms with E-state index in [9.17, 15) is 9.90 Å². The third-order valence-corrected chi connectivity index (χ3v) is 8.25. The van der Waals surface area contributed by atoms with Crippen LogP contribution in [0.15, 0.2) is 60.7 Å². The standard InChI is InChI=1S/C34H36F2O4/c1-34(2)13-5-8-30(34)28-16-24(32(36)19-27(28)29-18-25(39-3)11-12-31(29)35)20-40-26-7-4-6-22(15-26)23(17-33(37)38)14-21-9-10-21/h4,6-8,11-12,15-16,18-19,21,23H,5,9-10,13-14,17,20H2,1-3H3,(H,37,38)/t23-/m0/s1. The van der Waals surface area contributed by atoms with Gasteiger partial charge in [0.15, 0.2) is 0 Å². The Balaban J connectivity index is 1.46. The van der Waals surface area contributed by atoms with E-state index in [1.807, 2.05) is 18.2 Å². The Kier molecular flexibility index (Phi) is 7.97. The van der Waals surface area contributed by atoms with Crippen LogP contribution in [-0.4, -0.2) is 18.2 Å². The number of benzene rings is 3. The van der Waals surface area contributed by atoms with E-state index in [4.69, 9.17) is 9.47 Å². The van der Waals surface area contributed by atoms with Gasteiger partial charge in [0, 0.05) is 11.1 Å². The maximum absolute atomic E-state index is 15.6. The summed E-state index contributed by atoms with van der Waals surface area (Å²) < 4.78 is 42.0. The van der Waals surface area contributed by atoms with Crippen molar-refractivity contribution in [2.75, 3.05) is 7.11 Å². The van der Waals surface area contributed by atoms with Gasteiger partial charge in [0.25, 0.3) is 0 Å². The number of carbonyl (C=O) groups is 1. The Bertz CT molecular complexity index is 1440. The van der Waals surface area contributed by atoms with Crippen LogP contribution in [0.1, 0.15) is 75.0 Å². The van der Waals surface area contributed by atoms with Gasteiger partial charge >= 0.3 is 5.97 Å². The molecule has 0 aliphatic heterocycles. The lowest BCUT2D eigenvalue weighted by molar-refractivity contribution is -0.137. The number of methoxy groups -OCH3 is 1. The molecule has 6 heteroatoms. The van der Waals surface area contributed by atoms with Crippen LogP contribution in [0.3, 0.4) is 0 Å². The van der Waals surface area contributed by atoms with Crippen molar-refractivity contribution in [3.63, 3.8) is 0 Å². The first kappa shape index (κ1) is 27.9. The molecule has 0 unspecified atom stereocenters. The van der Waals surface area contributed by atoms with Gasteiger partial charge in [-0.2, -0.15) is 0 Å². The van der Waals surface area contributed by atoms with Crippen LogP contribution in [0.25, 0.3) is 16.7 Å². The molecule has 0 radical (unpaired) electrons. The first-order chi connectivity index (χ1) is 19.1. The van der Waals surface area contributed by atoms with Crippen molar-refractivity contribution in [2.45, 2.75) is 64.9 Å². The number of aliphatic carboxylic acids is 1. The highest BCUT2D eigenvalue weighted by atomic mass is 19.1. The molecule has 0 spiro atoms. The zero-order chi connectivity index (χ0) is 28.4. The first-order valence-electron chi connectivity index (χ1n) is 14.0. The zero-order valence-electron chi connectivity index (χ0n) is 23.3. The molecule has 1 atom stereocenters.